The third kappa shape index (κ3) is 4.67. The molecule has 4 rings (SSSR count). The number of furan rings is 1. The van der Waals surface area contributed by atoms with Gasteiger partial charge in [0.2, 0.25) is 0 Å². The van der Waals surface area contributed by atoms with E-state index < -0.39 is 5.97 Å². The van der Waals surface area contributed by atoms with Crippen LogP contribution in [0, 0.1) is 0 Å². The predicted octanol–water partition coefficient (Wildman–Crippen LogP) is 4.79. The molecule has 0 aliphatic heterocycles. The summed E-state index contributed by atoms with van der Waals surface area (Å²) in [6, 6.07) is 13.1. The first kappa shape index (κ1) is 21.6. The molecular formula is C23H22N4O4S. The zero-order valence-electron chi connectivity index (χ0n) is 17.7. The van der Waals surface area contributed by atoms with E-state index in [1.54, 1.807) is 25.4 Å². The Hall–Kier alpha value is -3.59. The quantitative estimate of drug-likeness (QED) is 0.265. The van der Waals surface area contributed by atoms with Gasteiger partial charge in [0.05, 0.1) is 25.2 Å². The second kappa shape index (κ2) is 10.1. The summed E-state index contributed by atoms with van der Waals surface area (Å²) in [6.45, 7) is 4.62. The summed E-state index contributed by atoms with van der Waals surface area (Å²) in [5, 5.41) is 9.48. The highest BCUT2D eigenvalue weighted by atomic mass is 32.2. The lowest BCUT2D eigenvalue weighted by atomic mass is 10.2. The van der Waals surface area contributed by atoms with Crippen LogP contribution < -0.4 is 4.74 Å². The molecule has 0 spiro atoms. The minimum Gasteiger partial charge on any atom is -0.494 e. The van der Waals surface area contributed by atoms with Crippen molar-refractivity contribution < 1.29 is 18.7 Å². The molecule has 0 saturated heterocycles. The van der Waals surface area contributed by atoms with Gasteiger partial charge >= 0.3 is 5.97 Å². The van der Waals surface area contributed by atoms with Gasteiger partial charge in [0.15, 0.2) is 11.0 Å². The van der Waals surface area contributed by atoms with Gasteiger partial charge in [0, 0.05) is 23.6 Å². The number of thioether (sulfide) groups is 1. The highest BCUT2D eigenvalue weighted by Gasteiger charge is 2.20. The van der Waals surface area contributed by atoms with Crippen LogP contribution in [0.25, 0.3) is 17.1 Å². The fourth-order valence-corrected chi connectivity index (χ4v) is 4.02. The van der Waals surface area contributed by atoms with Crippen LogP contribution in [0.15, 0.2) is 70.7 Å². The van der Waals surface area contributed by atoms with Crippen molar-refractivity contribution in [3.8, 4) is 22.8 Å². The monoisotopic (exact) mass is 450 g/mol. The first-order chi connectivity index (χ1) is 15.7. The molecule has 8 nitrogen and oxygen atoms in total. The Balaban J connectivity index is 1.66. The maximum absolute atomic E-state index is 12.2. The van der Waals surface area contributed by atoms with Gasteiger partial charge in [0.25, 0.3) is 0 Å². The molecule has 0 radical (unpaired) electrons. The molecule has 3 aromatic heterocycles. The molecular weight excluding hydrogens is 428 g/mol. The molecule has 0 aliphatic carbocycles. The number of hydrogen-bond donors (Lipinski definition) is 0. The van der Waals surface area contributed by atoms with Crippen LogP contribution in [0.2, 0.25) is 0 Å². The highest BCUT2D eigenvalue weighted by molar-refractivity contribution is 7.98. The van der Waals surface area contributed by atoms with E-state index in [1.165, 1.54) is 18.0 Å². The van der Waals surface area contributed by atoms with Crippen LogP contribution in [0.1, 0.15) is 30.0 Å². The molecule has 0 amide bonds. The van der Waals surface area contributed by atoms with E-state index in [0.717, 1.165) is 17.0 Å². The van der Waals surface area contributed by atoms with Gasteiger partial charge in [-0.15, -0.1) is 10.2 Å². The van der Waals surface area contributed by atoms with Gasteiger partial charge < -0.3 is 13.9 Å². The second-order valence-electron chi connectivity index (χ2n) is 6.57. The molecule has 0 aliphatic rings. The molecule has 0 saturated carbocycles. The van der Waals surface area contributed by atoms with E-state index >= 15 is 0 Å². The van der Waals surface area contributed by atoms with E-state index in [1.807, 2.05) is 47.9 Å². The zero-order valence-corrected chi connectivity index (χ0v) is 18.5. The Morgan fingerprint density at radius 2 is 1.81 bits per heavy atom. The van der Waals surface area contributed by atoms with Crippen molar-refractivity contribution in [2.24, 2.45) is 0 Å². The molecule has 9 heteroatoms. The minimum atomic E-state index is -0.401. The summed E-state index contributed by atoms with van der Waals surface area (Å²) in [5.41, 5.74) is 2.19. The highest BCUT2D eigenvalue weighted by Crippen LogP contribution is 2.31. The van der Waals surface area contributed by atoms with Crippen molar-refractivity contribution in [1.82, 2.24) is 19.7 Å². The normalized spacial score (nSPS) is 10.8. The van der Waals surface area contributed by atoms with Crippen LogP contribution in [0.5, 0.6) is 5.75 Å². The van der Waals surface area contributed by atoms with Crippen molar-refractivity contribution in [1.29, 1.82) is 0 Å². The van der Waals surface area contributed by atoms with Crippen molar-refractivity contribution in [2.75, 3.05) is 13.2 Å². The first-order valence-electron chi connectivity index (χ1n) is 10.2. The van der Waals surface area contributed by atoms with Gasteiger partial charge in [-0.05, 0) is 56.3 Å². The van der Waals surface area contributed by atoms with Crippen LogP contribution in [-0.4, -0.2) is 38.9 Å². The number of esters is 1. The number of carbonyl (C=O) groups is 1. The summed E-state index contributed by atoms with van der Waals surface area (Å²) >= 11 is 1.42. The summed E-state index contributed by atoms with van der Waals surface area (Å²) in [5.74, 6) is 2.00. The van der Waals surface area contributed by atoms with Gasteiger partial charge in [-0.2, -0.15) is 0 Å². The third-order valence-corrected chi connectivity index (χ3v) is 5.48. The number of pyridine rings is 1. The van der Waals surface area contributed by atoms with E-state index in [0.29, 0.717) is 41.3 Å². The lowest BCUT2D eigenvalue weighted by molar-refractivity contribution is 0.0524. The minimum absolute atomic E-state index is 0.304. The van der Waals surface area contributed by atoms with Crippen molar-refractivity contribution in [2.45, 2.75) is 24.8 Å². The number of aromatic nitrogens is 4. The Labute approximate surface area is 189 Å². The molecule has 4 aromatic rings. The van der Waals surface area contributed by atoms with E-state index in [4.69, 9.17) is 13.9 Å². The second-order valence-corrected chi connectivity index (χ2v) is 7.51. The number of carbonyl (C=O) groups excluding carboxylic acids is 1. The molecule has 0 N–H and O–H groups in total. The Kier molecular flexibility index (Phi) is 6.86. The molecule has 0 unspecified atom stereocenters. The SMILES string of the molecule is CCOC(=O)c1ccoc1CSc1nnc(-c2ccncc2)n1-c1ccc(OCC)cc1. The summed E-state index contributed by atoms with van der Waals surface area (Å²) in [6.07, 6.45) is 4.92. The average Bonchev–Trinajstić information content (AvgIpc) is 3.46. The third-order valence-electron chi connectivity index (χ3n) is 4.55. The molecule has 1 aromatic carbocycles. The average molecular weight is 451 g/mol. The van der Waals surface area contributed by atoms with E-state index in [2.05, 4.69) is 15.2 Å². The summed E-state index contributed by atoms with van der Waals surface area (Å²) < 4.78 is 18.2. The number of rotatable bonds is 9. The van der Waals surface area contributed by atoms with E-state index in [9.17, 15) is 4.79 Å². The van der Waals surface area contributed by atoms with Crippen LogP contribution >= 0.6 is 11.8 Å². The fraction of sp³-hybridized carbons (Fsp3) is 0.217. The standard InChI is InChI=1S/C23H22N4O4S/c1-3-29-18-7-5-17(6-8-18)27-21(16-9-12-24-13-10-16)25-26-23(27)32-15-20-19(11-14-31-20)22(28)30-4-2/h5-14H,3-4,15H2,1-2H3. The molecule has 164 valence electrons. The molecule has 0 bridgehead atoms. The van der Waals surface area contributed by atoms with E-state index in [-0.39, 0.29) is 0 Å². The number of hydrogen-bond acceptors (Lipinski definition) is 8. The maximum Gasteiger partial charge on any atom is 0.341 e. The molecule has 0 fully saturated rings. The van der Waals surface area contributed by atoms with Crippen molar-refractivity contribution >= 4 is 17.7 Å². The fourth-order valence-electron chi connectivity index (χ4n) is 3.12. The Bertz CT molecular complexity index is 1170. The van der Waals surface area contributed by atoms with Crippen LogP contribution in [0.3, 0.4) is 0 Å². The number of ether oxygens (including phenoxy) is 2. The van der Waals surface area contributed by atoms with Crippen LogP contribution in [0.4, 0.5) is 0 Å². The van der Waals surface area contributed by atoms with Crippen molar-refractivity contribution in [3.63, 3.8) is 0 Å². The number of nitrogens with zero attached hydrogens (tertiary/aromatic N) is 4. The van der Waals surface area contributed by atoms with Crippen LogP contribution in [-0.2, 0) is 10.5 Å². The van der Waals surface area contributed by atoms with Gasteiger partial charge in [0.1, 0.15) is 17.1 Å². The Morgan fingerprint density at radius 1 is 1.03 bits per heavy atom. The summed E-state index contributed by atoms with van der Waals surface area (Å²) in [7, 11) is 0. The van der Waals surface area contributed by atoms with Gasteiger partial charge in [-0.1, -0.05) is 11.8 Å². The Morgan fingerprint density at radius 3 is 2.53 bits per heavy atom. The lowest BCUT2D eigenvalue weighted by Gasteiger charge is -2.11. The summed E-state index contributed by atoms with van der Waals surface area (Å²) in [4.78, 5) is 16.2. The lowest BCUT2D eigenvalue weighted by Crippen LogP contribution is -2.06. The largest absolute Gasteiger partial charge is 0.494 e. The maximum atomic E-state index is 12.2. The molecule has 3 heterocycles. The van der Waals surface area contributed by atoms with Gasteiger partial charge in [-0.25, -0.2) is 4.79 Å². The first-order valence-corrected chi connectivity index (χ1v) is 11.1. The molecule has 0 atom stereocenters. The molecule has 32 heavy (non-hydrogen) atoms. The van der Waals surface area contributed by atoms with Gasteiger partial charge in [-0.3, -0.25) is 9.55 Å². The smallest absolute Gasteiger partial charge is 0.341 e. The topological polar surface area (TPSA) is 92.3 Å². The zero-order chi connectivity index (χ0) is 22.3. The van der Waals surface area contributed by atoms with Crippen molar-refractivity contribution in [3.05, 3.63) is 72.4 Å². The predicted molar refractivity (Wildman–Crippen MR) is 120 cm³/mol. The number of benzene rings is 1.